The number of pyridine rings is 1. The molecule has 0 fully saturated rings. The number of aromatic amines is 1. The van der Waals surface area contributed by atoms with Gasteiger partial charge in [-0.3, -0.25) is 4.98 Å². The van der Waals surface area contributed by atoms with Gasteiger partial charge in [-0.2, -0.15) is 5.26 Å². The van der Waals surface area contributed by atoms with E-state index in [1.54, 1.807) is 12.4 Å². The minimum Gasteiger partial charge on any atom is -0.369 e. The van der Waals surface area contributed by atoms with Gasteiger partial charge in [0.1, 0.15) is 23.9 Å². The number of aromatic nitrogens is 4. The molecule has 0 aliphatic carbocycles. The van der Waals surface area contributed by atoms with Crippen molar-refractivity contribution in [3.8, 4) is 6.07 Å². The van der Waals surface area contributed by atoms with Gasteiger partial charge >= 0.3 is 0 Å². The Kier molecular flexibility index (Phi) is 3.52. The van der Waals surface area contributed by atoms with Crippen LogP contribution < -0.4 is 5.32 Å². The van der Waals surface area contributed by atoms with Gasteiger partial charge < -0.3 is 10.3 Å². The monoisotopic (exact) mass is 314 g/mol. The zero-order valence-corrected chi connectivity index (χ0v) is 12.8. The number of fused-ring (bicyclic) bond motifs is 2. The van der Waals surface area contributed by atoms with E-state index in [1.807, 2.05) is 12.1 Å². The molecule has 0 atom stereocenters. The number of hydrogen-bond donors (Lipinski definition) is 2. The number of nitriles is 1. The van der Waals surface area contributed by atoms with Gasteiger partial charge in [-0.1, -0.05) is 12.1 Å². The fraction of sp³-hybridized carbons (Fsp3) is 0.111. The highest BCUT2D eigenvalue weighted by Crippen LogP contribution is 2.22. The molecule has 1 aromatic carbocycles. The minimum atomic E-state index is 0.546. The van der Waals surface area contributed by atoms with E-state index < -0.39 is 0 Å². The van der Waals surface area contributed by atoms with Gasteiger partial charge in [0.05, 0.1) is 16.5 Å². The summed E-state index contributed by atoms with van der Waals surface area (Å²) in [4.78, 5) is 15.7. The van der Waals surface area contributed by atoms with Crippen molar-refractivity contribution in [3.05, 3.63) is 60.2 Å². The molecule has 6 nitrogen and oxygen atoms in total. The average Bonchev–Trinajstić information content (AvgIpc) is 3.06. The molecule has 0 bridgehead atoms. The molecule has 3 heterocycles. The summed E-state index contributed by atoms with van der Waals surface area (Å²) in [5, 5.41) is 14.4. The van der Waals surface area contributed by atoms with Crippen LogP contribution in [0.5, 0.6) is 0 Å². The molecular formula is C18H14N6. The lowest BCUT2D eigenvalue weighted by atomic mass is 10.1. The first-order valence-corrected chi connectivity index (χ1v) is 7.65. The smallest absolute Gasteiger partial charge is 0.144 e. The van der Waals surface area contributed by atoms with E-state index in [0.29, 0.717) is 23.6 Å². The van der Waals surface area contributed by atoms with E-state index in [4.69, 9.17) is 0 Å². The number of anilines is 1. The van der Waals surface area contributed by atoms with Gasteiger partial charge in [-0.15, -0.1) is 0 Å². The second kappa shape index (κ2) is 5.97. The molecule has 2 N–H and O–H groups in total. The Morgan fingerprint density at radius 1 is 1.17 bits per heavy atom. The van der Waals surface area contributed by atoms with Gasteiger partial charge in [0, 0.05) is 24.3 Å². The molecule has 0 saturated carbocycles. The Morgan fingerprint density at radius 3 is 3.04 bits per heavy atom. The van der Waals surface area contributed by atoms with Crippen molar-refractivity contribution < 1.29 is 0 Å². The summed E-state index contributed by atoms with van der Waals surface area (Å²) in [7, 11) is 0. The fourth-order valence-electron chi connectivity index (χ4n) is 2.79. The number of benzene rings is 1. The minimum absolute atomic E-state index is 0.546. The van der Waals surface area contributed by atoms with Crippen molar-refractivity contribution in [1.29, 1.82) is 5.26 Å². The number of nitrogens with one attached hydrogen (secondary N) is 2. The molecule has 0 aliphatic heterocycles. The van der Waals surface area contributed by atoms with Crippen molar-refractivity contribution in [2.75, 3.05) is 11.9 Å². The van der Waals surface area contributed by atoms with E-state index in [1.165, 1.54) is 11.9 Å². The summed E-state index contributed by atoms with van der Waals surface area (Å²) < 4.78 is 0. The van der Waals surface area contributed by atoms with Gasteiger partial charge in [0.2, 0.25) is 0 Å². The van der Waals surface area contributed by atoms with E-state index >= 15 is 0 Å². The standard InChI is InChI=1S/C18H14N6/c19-9-14-10-22-18-16(14)17(23-11-24-18)21-7-5-12-3-4-15-13(8-12)2-1-6-20-15/h1-4,6,8,10-11H,5,7H2,(H2,21,22,23,24). The molecule has 4 aromatic rings. The van der Waals surface area contributed by atoms with E-state index in [9.17, 15) is 5.26 Å². The largest absolute Gasteiger partial charge is 0.369 e. The number of rotatable bonds is 4. The molecule has 0 unspecified atom stereocenters. The molecule has 0 saturated heterocycles. The molecule has 4 rings (SSSR count). The maximum atomic E-state index is 9.19. The summed E-state index contributed by atoms with van der Waals surface area (Å²) >= 11 is 0. The first kappa shape index (κ1) is 14.2. The maximum Gasteiger partial charge on any atom is 0.144 e. The van der Waals surface area contributed by atoms with Gasteiger partial charge in [0.15, 0.2) is 0 Å². The molecule has 0 spiro atoms. The first-order valence-electron chi connectivity index (χ1n) is 7.65. The summed E-state index contributed by atoms with van der Waals surface area (Å²) in [6, 6.07) is 12.4. The van der Waals surface area contributed by atoms with Crippen molar-refractivity contribution in [3.63, 3.8) is 0 Å². The predicted molar refractivity (Wildman–Crippen MR) is 92.5 cm³/mol. The Morgan fingerprint density at radius 2 is 2.12 bits per heavy atom. The normalized spacial score (nSPS) is 10.8. The van der Waals surface area contributed by atoms with E-state index in [0.717, 1.165) is 22.7 Å². The second-order valence-electron chi connectivity index (χ2n) is 5.47. The van der Waals surface area contributed by atoms with Crippen LogP contribution in [0.25, 0.3) is 21.9 Å². The van der Waals surface area contributed by atoms with Crippen LogP contribution in [0.3, 0.4) is 0 Å². The van der Waals surface area contributed by atoms with E-state index in [-0.39, 0.29) is 0 Å². The Labute approximate surface area is 138 Å². The van der Waals surface area contributed by atoms with Crippen LogP contribution in [0.2, 0.25) is 0 Å². The molecule has 116 valence electrons. The summed E-state index contributed by atoms with van der Waals surface area (Å²) in [5.41, 5.74) is 3.44. The number of hydrogen-bond acceptors (Lipinski definition) is 5. The highest BCUT2D eigenvalue weighted by molar-refractivity contribution is 5.92. The van der Waals surface area contributed by atoms with Crippen LogP contribution in [0.4, 0.5) is 5.82 Å². The van der Waals surface area contributed by atoms with Crippen LogP contribution in [0.1, 0.15) is 11.1 Å². The summed E-state index contributed by atoms with van der Waals surface area (Å²) in [5.74, 6) is 0.681. The van der Waals surface area contributed by atoms with Crippen LogP contribution in [-0.4, -0.2) is 26.5 Å². The van der Waals surface area contributed by atoms with Gasteiger partial charge in [-0.25, -0.2) is 9.97 Å². The molecule has 0 radical (unpaired) electrons. The van der Waals surface area contributed by atoms with Crippen LogP contribution in [0.15, 0.2) is 49.1 Å². The van der Waals surface area contributed by atoms with E-state index in [2.05, 4.69) is 49.5 Å². The predicted octanol–water partition coefficient (Wildman–Crippen LogP) is 3.03. The Bertz CT molecular complexity index is 1060. The maximum absolute atomic E-state index is 9.19. The van der Waals surface area contributed by atoms with Gasteiger partial charge in [0.25, 0.3) is 0 Å². The highest BCUT2D eigenvalue weighted by atomic mass is 15.0. The third-order valence-electron chi connectivity index (χ3n) is 3.96. The lowest BCUT2D eigenvalue weighted by Gasteiger charge is -2.07. The third kappa shape index (κ3) is 2.52. The average molecular weight is 314 g/mol. The first-order chi connectivity index (χ1) is 11.8. The van der Waals surface area contributed by atoms with Crippen LogP contribution in [0, 0.1) is 11.3 Å². The summed E-state index contributed by atoms with van der Waals surface area (Å²) in [6.07, 6.45) is 5.79. The van der Waals surface area contributed by atoms with Crippen molar-refractivity contribution >= 4 is 27.8 Å². The zero-order chi connectivity index (χ0) is 16.4. The third-order valence-corrected chi connectivity index (χ3v) is 3.96. The SMILES string of the molecule is N#Cc1c[nH]c2ncnc(NCCc3ccc4ncccc4c3)c12. The summed E-state index contributed by atoms with van der Waals surface area (Å²) in [6.45, 7) is 0.716. The molecule has 6 heteroatoms. The Balaban J connectivity index is 1.53. The molecular weight excluding hydrogens is 300 g/mol. The van der Waals surface area contributed by atoms with Crippen molar-refractivity contribution in [1.82, 2.24) is 19.9 Å². The fourth-order valence-corrected chi connectivity index (χ4v) is 2.79. The Hall–Kier alpha value is -3.46. The van der Waals surface area contributed by atoms with Crippen molar-refractivity contribution in [2.24, 2.45) is 0 Å². The van der Waals surface area contributed by atoms with Crippen LogP contribution >= 0.6 is 0 Å². The highest BCUT2D eigenvalue weighted by Gasteiger charge is 2.10. The van der Waals surface area contributed by atoms with Crippen molar-refractivity contribution in [2.45, 2.75) is 6.42 Å². The quantitative estimate of drug-likeness (QED) is 0.604. The molecule has 24 heavy (non-hydrogen) atoms. The zero-order valence-electron chi connectivity index (χ0n) is 12.8. The lowest BCUT2D eigenvalue weighted by molar-refractivity contribution is 1.01. The topological polar surface area (TPSA) is 90.3 Å². The van der Waals surface area contributed by atoms with Gasteiger partial charge in [-0.05, 0) is 30.2 Å². The lowest BCUT2D eigenvalue weighted by Crippen LogP contribution is -2.07. The second-order valence-corrected chi connectivity index (χ2v) is 5.47. The van der Waals surface area contributed by atoms with Crippen LogP contribution in [-0.2, 0) is 6.42 Å². The number of nitrogens with zero attached hydrogens (tertiary/aromatic N) is 4. The number of H-pyrrole nitrogens is 1. The molecule has 0 amide bonds. The molecule has 0 aliphatic rings. The molecule has 3 aromatic heterocycles.